The molecule has 2 aliphatic rings. The summed E-state index contributed by atoms with van der Waals surface area (Å²) in [5, 5.41) is 0. The molecule has 0 radical (unpaired) electrons. The Hall–Kier alpha value is -1.29. The van der Waals surface area contributed by atoms with Crippen molar-refractivity contribution in [1.29, 1.82) is 0 Å². The van der Waals surface area contributed by atoms with Gasteiger partial charge in [-0.15, -0.1) is 0 Å². The maximum absolute atomic E-state index is 12.3. The molecule has 1 aromatic heterocycles. The zero-order valence-electron chi connectivity index (χ0n) is 19.0. The van der Waals surface area contributed by atoms with Crippen LogP contribution in [0.15, 0.2) is 18.5 Å². The molecule has 2 saturated carbocycles. The maximum atomic E-state index is 12.3. The fraction of sp³-hybridized carbons (Fsp3) is 0.808. The van der Waals surface area contributed by atoms with E-state index in [1.54, 1.807) is 0 Å². The molecule has 1 aromatic rings. The van der Waals surface area contributed by atoms with Crippen LogP contribution in [0.2, 0.25) is 0 Å². The number of nitrogens with zero attached hydrogens (tertiary/aromatic N) is 1. The highest BCUT2D eigenvalue weighted by Crippen LogP contribution is 2.22. The van der Waals surface area contributed by atoms with Gasteiger partial charge in [-0.3, -0.25) is 0 Å². The average Bonchev–Trinajstić information content (AvgIpc) is 3.26. The second-order valence-corrected chi connectivity index (χ2v) is 9.41. The van der Waals surface area contributed by atoms with Crippen LogP contribution in [0.25, 0.3) is 0 Å². The van der Waals surface area contributed by atoms with Crippen LogP contribution in [-0.4, -0.2) is 29.4 Å². The molecule has 2 aliphatic carbocycles. The van der Waals surface area contributed by atoms with Crippen LogP contribution in [0, 0.1) is 0 Å². The van der Waals surface area contributed by atoms with E-state index in [1.807, 2.05) is 18.5 Å². The van der Waals surface area contributed by atoms with E-state index in [4.69, 9.17) is 9.47 Å². The Morgan fingerprint density at radius 3 is 2.10 bits per heavy atom. The van der Waals surface area contributed by atoms with E-state index in [9.17, 15) is 4.79 Å². The van der Waals surface area contributed by atoms with E-state index >= 15 is 0 Å². The predicted molar refractivity (Wildman–Crippen MR) is 122 cm³/mol. The normalized spacial score (nSPS) is 18.5. The highest BCUT2D eigenvalue weighted by atomic mass is 16.5. The number of rotatable bonds is 13. The zero-order chi connectivity index (χ0) is 20.9. The summed E-state index contributed by atoms with van der Waals surface area (Å²) in [4.78, 5) is 12.3. The minimum Gasteiger partial charge on any atom is -0.459 e. The van der Waals surface area contributed by atoms with Gasteiger partial charge < -0.3 is 14.0 Å². The molecule has 0 atom stereocenters. The molecule has 0 aromatic carbocycles. The molecule has 0 N–H and O–H groups in total. The molecule has 0 saturated heterocycles. The van der Waals surface area contributed by atoms with Crippen molar-refractivity contribution in [3.63, 3.8) is 0 Å². The summed E-state index contributed by atoms with van der Waals surface area (Å²) in [7, 11) is 0. The SMILES string of the molecule is O=C(OC1CCCCC1)c1ccn(CCCCCCCCCOC2CCCCC2)c1. The monoisotopic (exact) mass is 417 g/mol. The van der Waals surface area contributed by atoms with Gasteiger partial charge in [0, 0.05) is 25.5 Å². The van der Waals surface area contributed by atoms with E-state index in [2.05, 4.69) is 4.57 Å². The molecule has 30 heavy (non-hydrogen) atoms. The van der Waals surface area contributed by atoms with Gasteiger partial charge in [-0.1, -0.05) is 57.8 Å². The molecule has 3 rings (SSSR count). The number of hydrogen-bond donors (Lipinski definition) is 0. The molecule has 170 valence electrons. The first-order valence-electron chi connectivity index (χ1n) is 12.8. The lowest BCUT2D eigenvalue weighted by atomic mass is 9.98. The number of aryl methyl sites for hydroxylation is 1. The number of esters is 1. The van der Waals surface area contributed by atoms with Crippen LogP contribution >= 0.6 is 0 Å². The van der Waals surface area contributed by atoms with Gasteiger partial charge in [0.15, 0.2) is 0 Å². The topological polar surface area (TPSA) is 40.5 Å². The average molecular weight is 418 g/mol. The third-order valence-electron chi connectivity index (χ3n) is 6.78. The molecule has 2 fully saturated rings. The Kier molecular flexibility index (Phi) is 10.8. The molecule has 4 heteroatoms. The summed E-state index contributed by atoms with van der Waals surface area (Å²) in [6, 6.07) is 1.90. The van der Waals surface area contributed by atoms with Crippen molar-refractivity contribution in [3.05, 3.63) is 24.0 Å². The highest BCUT2D eigenvalue weighted by molar-refractivity contribution is 5.89. The summed E-state index contributed by atoms with van der Waals surface area (Å²) in [6.45, 7) is 1.95. The largest absolute Gasteiger partial charge is 0.459 e. The van der Waals surface area contributed by atoms with Crippen LogP contribution < -0.4 is 0 Å². The first kappa shape index (κ1) is 23.4. The summed E-state index contributed by atoms with van der Waals surface area (Å²) < 4.78 is 13.8. The van der Waals surface area contributed by atoms with Gasteiger partial charge in [0.25, 0.3) is 0 Å². The number of carbonyl (C=O) groups excluding carboxylic acids is 1. The second kappa shape index (κ2) is 13.9. The maximum Gasteiger partial charge on any atom is 0.339 e. The van der Waals surface area contributed by atoms with Gasteiger partial charge in [0.1, 0.15) is 6.10 Å². The molecule has 0 aliphatic heterocycles. The number of ether oxygens (including phenoxy) is 2. The Balaban J connectivity index is 1.15. The lowest BCUT2D eigenvalue weighted by molar-refractivity contribution is 0.0211. The fourth-order valence-electron chi connectivity index (χ4n) is 4.87. The molecule has 0 unspecified atom stereocenters. The van der Waals surface area contributed by atoms with Crippen LogP contribution in [-0.2, 0) is 16.0 Å². The minimum absolute atomic E-state index is 0.133. The predicted octanol–water partition coefficient (Wildman–Crippen LogP) is 7.06. The van der Waals surface area contributed by atoms with Crippen molar-refractivity contribution in [2.75, 3.05) is 6.61 Å². The molecule has 0 spiro atoms. The van der Waals surface area contributed by atoms with Gasteiger partial charge in [-0.25, -0.2) is 4.79 Å². The van der Waals surface area contributed by atoms with Crippen molar-refractivity contribution in [1.82, 2.24) is 4.57 Å². The Bertz CT molecular complexity index is 585. The lowest BCUT2D eigenvalue weighted by Gasteiger charge is -2.21. The van der Waals surface area contributed by atoms with Gasteiger partial charge in [-0.05, 0) is 57.4 Å². The number of aromatic nitrogens is 1. The quantitative estimate of drug-likeness (QED) is 0.255. The number of hydrogen-bond acceptors (Lipinski definition) is 3. The van der Waals surface area contributed by atoms with Gasteiger partial charge in [-0.2, -0.15) is 0 Å². The van der Waals surface area contributed by atoms with Gasteiger partial charge >= 0.3 is 5.97 Å². The minimum atomic E-state index is -0.145. The van der Waals surface area contributed by atoms with Crippen molar-refractivity contribution in [2.45, 2.75) is 128 Å². The Morgan fingerprint density at radius 1 is 0.800 bits per heavy atom. The van der Waals surface area contributed by atoms with E-state index < -0.39 is 0 Å². The third-order valence-corrected chi connectivity index (χ3v) is 6.78. The molecule has 0 amide bonds. The van der Waals surface area contributed by atoms with E-state index in [0.717, 1.165) is 26.0 Å². The van der Waals surface area contributed by atoms with Crippen molar-refractivity contribution >= 4 is 5.97 Å². The smallest absolute Gasteiger partial charge is 0.339 e. The summed E-state index contributed by atoms with van der Waals surface area (Å²) in [5.41, 5.74) is 0.705. The van der Waals surface area contributed by atoms with E-state index in [0.29, 0.717) is 11.7 Å². The van der Waals surface area contributed by atoms with Crippen LogP contribution in [0.1, 0.15) is 120 Å². The molecule has 0 bridgehead atoms. The summed E-state index contributed by atoms with van der Waals surface area (Å²) >= 11 is 0. The standard InChI is InChI=1S/C26H43NO3/c28-26(30-25-16-10-7-11-17-25)23-18-20-27(22-23)19-12-4-2-1-3-5-13-21-29-24-14-8-6-9-15-24/h18,20,22,24-25H,1-17,19,21H2. The van der Waals surface area contributed by atoms with Crippen molar-refractivity contribution in [2.24, 2.45) is 0 Å². The summed E-state index contributed by atoms with van der Waals surface area (Å²) in [6.07, 6.45) is 26.0. The zero-order valence-corrected chi connectivity index (χ0v) is 19.0. The Morgan fingerprint density at radius 2 is 1.40 bits per heavy atom. The summed E-state index contributed by atoms with van der Waals surface area (Å²) in [5.74, 6) is -0.145. The van der Waals surface area contributed by atoms with Crippen LogP contribution in [0.3, 0.4) is 0 Å². The fourth-order valence-corrected chi connectivity index (χ4v) is 4.87. The molecular weight excluding hydrogens is 374 g/mol. The Labute approximate surface area is 183 Å². The number of unbranched alkanes of at least 4 members (excludes halogenated alkanes) is 6. The highest BCUT2D eigenvalue weighted by Gasteiger charge is 2.19. The van der Waals surface area contributed by atoms with Gasteiger partial charge in [0.2, 0.25) is 0 Å². The van der Waals surface area contributed by atoms with E-state index in [1.165, 1.54) is 96.3 Å². The van der Waals surface area contributed by atoms with Crippen molar-refractivity contribution in [3.8, 4) is 0 Å². The molecule has 1 heterocycles. The first-order chi connectivity index (χ1) is 14.8. The third kappa shape index (κ3) is 8.83. The molecular formula is C26H43NO3. The van der Waals surface area contributed by atoms with E-state index in [-0.39, 0.29) is 12.1 Å². The van der Waals surface area contributed by atoms with Gasteiger partial charge in [0.05, 0.1) is 11.7 Å². The number of carbonyl (C=O) groups is 1. The first-order valence-corrected chi connectivity index (χ1v) is 12.8. The van der Waals surface area contributed by atoms with Crippen molar-refractivity contribution < 1.29 is 14.3 Å². The van der Waals surface area contributed by atoms with Crippen LogP contribution in [0.4, 0.5) is 0 Å². The molecule has 4 nitrogen and oxygen atoms in total. The second-order valence-electron chi connectivity index (χ2n) is 9.41. The van der Waals surface area contributed by atoms with Crippen LogP contribution in [0.5, 0.6) is 0 Å². The lowest BCUT2D eigenvalue weighted by Crippen LogP contribution is -2.20.